The molecule has 0 unspecified atom stereocenters. The fourth-order valence-electron chi connectivity index (χ4n) is 1.47. The molecule has 1 saturated heterocycles. The highest BCUT2D eigenvalue weighted by atomic mass is 16.6. The van der Waals surface area contributed by atoms with Crippen LogP contribution < -0.4 is 5.32 Å². The van der Waals surface area contributed by atoms with Crippen LogP contribution in [0.3, 0.4) is 0 Å². The number of methoxy groups -OCH3 is 1. The summed E-state index contributed by atoms with van der Waals surface area (Å²) < 4.78 is 10.3. The third-order valence-electron chi connectivity index (χ3n) is 2.12. The zero-order chi connectivity index (χ0) is 8.97. The lowest BCUT2D eigenvalue weighted by molar-refractivity contribution is -0.169. The average molecular weight is 175 g/mol. The Bertz CT molecular complexity index is 131. The predicted octanol–water partition coefficient (Wildman–Crippen LogP) is -0.282. The van der Waals surface area contributed by atoms with Crippen LogP contribution in [0, 0.1) is 0 Å². The summed E-state index contributed by atoms with van der Waals surface area (Å²) in [6.07, 6.45) is -0.0488. The van der Waals surface area contributed by atoms with Crippen LogP contribution in [-0.2, 0) is 9.47 Å². The van der Waals surface area contributed by atoms with E-state index in [2.05, 4.69) is 5.32 Å². The van der Waals surface area contributed by atoms with Gasteiger partial charge in [0.05, 0.1) is 18.8 Å². The Morgan fingerprint density at radius 2 is 2.42 bits per heavy atom. The molecular weight excluding hydrogens is 158 g/mol. The second-order valence-corrected chi connectivity index (χ2v) is 2.96. The summed E-state index contributed by atoms with van der Waals surface area (Å²) in [6.45, 7) is 3.45. The maximum Gasteiger partial charge on any atom is 0.157 e. The van der Waals surface area contributed by atoms with E-state index < -0.39 is 6.29 Å². The number of likely N-dealkylation sites (N-methyl/N-ethyl adjacent to an activating group) is 1. The summed E-state index contributed by atoms with van der Waals surface area (Å²) in [5, 5.41) is 12.4. The molecule has 1 rings (SSSR count). The van der Waals surface area contributed by atoms with E-state index in [1.165, 1.54) is 0 Å². The number of aliphatic hydroxyl groups excluding tert-OH is 1. The van der Waals surface area contributed by atoms with Gasteiger partial charge in [0.1, 0.15) is 0 Å². The highest BCUT2D eigenvalue weighted by molar-refractivity contribution is 4.80. The largest absolute Gasteiger partial charge is 0.380 e. The number of nitrogens with one attached hydrogen (secondary N) is 1. The molecule has 1 heterocycles. The Hall–Kier alpha value is -0.160. The minimum atomic E-state index is -0.662. The van der Waals surface area contributed by atoms with Crippen LogP contribution in [0.15, 0.2) is 0 Å². The highest BCUT2D eigenvalue weighted by Crippen LogP contribution is 2.14. The summed E-state index contributed by atoms with van der Waals surface area (Å²) in [7, 11) is 1.66. The van der Waals surface area contributed by atoms with Crippen LogP contribution in [-0.4, -0.2) is 43.8 Å². The van der Waals surface area contributed by atoms with E-state index in [0.717, 1.165) is 6.54 Å². The van der Waals surface area contributed by atoms with E-state index in [1.54, 1.807) is 7.11 Å². The predicted molar refractivity (Wildman–Crippen MR) is 44.8 cm³/mol. The van der Waals surface area contributed by atoms with E-state index in [9.17, 15) is 0 Å². The van der Waals surface area contributed by atoms with Gasteiger partial charge in [-0.15, -0.1) is 0 Å². The fourth-order valence-corrected chi connectivity index (χ4v) is 1.47. The lowest BCUT2D eigenvalue weighted by atomic mass is 10.1. The molecule has 1 aliphatic heterocycles. The number of hydrogen-bond acceptors (Lipinski definition) is 4. The van der Waals surface area contributed by atoms with Crippen molar-refractivity contribution in [2.45, 2.75) is 31.8 Å². The zero-order valence-electron chi connectivity index (χ0n) is 7.62. The second-order valence-electron chi connectivity index (χ2n) is 2.96. The van der Waals surface area contributed by atoms with Crippen LogP contribution in [0.2, 0.25) is 0 Å². The van der Waals surface area contributed by atoms with Gasteiger partial charge < -0.3 is 19.9 Å². The molecule has 0 radical (unpaired) electrons. The first kappa shape index (κ1) is 9.92. The molecule has 0 amide bonds. The molecule has 0 aromatic heterocycles. The van der Waals surface area contributed by atoms with Gasteiger partial charge in [0.2, 0.25) is 0 Å². The molecular formula is C8H17NO3. The van der Waals surface area contributed by atoms with Gasteiger partial charge in [-0.05, 0) is 6.54 Å². The van der Waals surface area contributed by atoms with Crippen LogP contribution in [0.1, 0.15) is 13.3 Å². The molecule has 2 N–H and O–H groups in total. The SMILES string of the molecule is CCN[C@H]1CO[C@H](O)C[C@@H]1OC. The van der Waals surface area contributed by atoms with Gasteiger partial charge in [-0.1, -0.05) is 6.92 Å². The molecule has 1 aliphatic rings. The van der Waals surface area contributed by atoms with Gasteiger partial charge in [0.25, 0.3) is 0 Å². The summed E-state index contributed by atoms with van der Waals surface area (Å²) >= 11 is 0. The van der Waals surface area contributed by atoms with Crippen LogP contribution >= 0.6 is 0 Å². The van der Waals surface area contributed by atoms with Crippen molar-refractivity contribution in [1.29, 1.82) is 0 Å². The molecule has 4 heteroatoms. The van der Waals surface area contributed by atoms with Crippen LogP contribution in [0.4, 0.5) is 0 Å². The fraction of sp³-hybridized carbons (Fsp3) is 1.00. The van der Waals surface area contributed by atoms with Gasteiger partial charge in [0.15, 0.2) is 6.29 Å². The first-order valence-electron chi connectivity index (χ1n) is 4.33. The lowest BCUT2D eigenvalue weighted by Crippen LogP contribution is -2.50. The minimum Gasteiger partial charge on any atom is -0.380 e. The Kier molecular flexibility index (Phi) is 3.94. The smallest absolute Gasteiger partial charge is 0.157 e. The van der Waals surface area contributed by atoms with Crippen molar-refractivity contribution in [2.24, 2.45) is 0 Å². The Balaban J connectivity index is 2.39. The van der Waals surface area contributed by atoms with Crippen LogP contribution in [0.5, 0.6) is 0 Å². The molecule has 0 bridgehead atoms. The van der Waals surface area contributed by atoms with E-state index in [0.29, 0.717) is 13.0 Å². The quantitative estimate of drug-likeness (QED) is 0.619. The summed E-state index contributed by atoms with van der Waals surface area (Å²) in [4.78, 5) is 0. The monoisotopic (exact) mass is 175 g/mol. The Morgan fingerprint density at radius 3 is 3.00 bits per heavy atom. The third kappa shape index (κ3) is 2.42. The molecule has 0 spiro atoms. The van der Waals surface area contributed by atoms with Gasteiger partial charge >= 0.3 is 0 Å². The number of aliphatic hydroxyl groups is 1. The standard InChI is InChI=1S/C8H17NO3/c1-3-9-6-5-12-8(10)4-7(6)11-2/h6-10H,3-5H2,1-2H3/t6-,7-,8-/m0/s1. The van der Waals surface area contributed by atoms with Gasteiger partial charge in [-0.25, -0.2) is 0 Å². The Morgan fingerprint density at radius 1 is 1.67 bits per heavy atom. The van der Waals surface area contributed by atoms with E-state index >= 15 is 0 Å². The molecule has 0 aromatic rings. The zero-order valence-corrected chi connectivity index (χ0v) is 7.62. The number of rotatable bonds is 3. The number of hydrogen-bond donors (Lipinski definition) is 2. The van der Waals surface area contributed by atoms with Crippen molar-refractivity contribution < 1.29 is 14.6 Å². The molecule has 4 nitrogen and oxygen atoms in total. The van der Waals surface area contributed by atoms with E-state index in [1.807, 2.05) is 6.92 Å². The van der Waals surface area contributed by atoms with E-state index in [4.69, 9.17) is 14.6 Å². The van der Waals surface area contributed by atoms with Crippen molar-refractivity contribution in [1.82, 2.24) is 5.32 Å². The van der Waals surface area contributed by atoms with Crippen LogP contribution in [0.25, 0.3) is 0 Å². The summed E-state index contributed by atoms with van der Waals surface area (Å²) in [6, 6.07) is 0.211. The van der Waals surface area contributed by atoms with Crippen molar-refractivity contribution in [2.75, 3.05) is 20.3 Å². The molecule has 0 saturated carbocycles. The third-order valence-corrected chi connectivity index (χ3v) is 2.12. The minimum absolute atomic E-state index is 0.0636. The normalized spacial score (nSPS) is 36.8. The lowest BCUT2D eigenvalue weighted by Gasteiger charge is -2.33. The topological polar surface area (TPSA) is 50.7 Å². The van der Waals surface area contributed by atoms with Crippen molar-refractivity contribution in [3.05, 3.63) is 0 Å². The first-order valence-corrected chi connectivity index (χ1v) is 4.33. The van der Waals surface area contributed by atoms with E-state index in [-0.39, 0.29) is 12.1 Å². The maximum absolute atomic E-state index is 9.17. The summed E-state index contributed by atoms with van der Waals surface area (Å²) in [5.74, 6) is 0. The van der Waals surface area contributed by atoms with Gasteiger partial charge in [-0.3, -0.25) is 0 Å². The Labute approximate surface area is 72.9 Å². The van der Waals surface area contributed by atoms with Crippen molar-refractivity contribution >= 4 is 0 Å². The molecule has 0 aromatic carbocycles. The van der Waals surface area contributed by atoms with Crippen molar-refractivity contribution in [3.63, 3.8) is 0 Å². The molecule has 1 fully saturated rings. The maximum atomic E-state index is 9.17. The molecule has 12 heavy (non-hydrogen) atoms. The molecule has 72 valence electrons. The molecule has 3 atom stereocenters. The summed E-state index contributed by atoms with van der Waals surface area (Å²) in [5.41, 5.74) is 0. The first-order chi connectivity index (χ1) is 5.77. The highest BCUT2D eigenvalue weighted by Gasteiger charge is 2.29. The van der Waals surface area contributed by atoms with Gasteiger partial charge in [-0.2, -0.15) is 0 Å². The van der Waals surface area contributed by atoms with Gasteiger partial charge in [0, 0.05) is 13.5 Å². The second kappa shape index (κ2) is 4.77. The van der Waals surface area contributed by atoms with Crippen molar-refractivity contribution in [3.8, 4) is 0 Å². The molecule has 0 aliphatic carbocycles. The number of ether oxygens (including phenoxy) is 2. The average Bonchev–Trinajstić information content (AvgIpc) is 2.08.